The van der Waals surface area contributed by atoms with Gasteiger partial charge in [0.2, 0.25) is 0 Å². The van der Waals surface area contributed by atoms with Crippen molar-refractivity contribution >= 4 is 0 Å². The van der Waals surface area contributed by atoms with Crippen LogP contribution in [0.1, 0.15) is 47.6 Å². The third kappa shape index (κ3) is 4.05. The van der Waals surface area contributed by atoms with Crippen molar-refractivity contribution in [2.24, 2.45) is 0 Å². The molecule has 0 aliphatic rings. The van der Waals surface area contributed by atoms with Crippen molar-refractivity contribution in [3.63, 3.8) is 0 Å². The molecule has 0 aromatic heterocycles. The van der Waals surface area contributed by atoms with Crippen LogP contribution in [0.15, 0.2) is 30.3 Å². The fraction of sp³-hybridized carbons (Fsp3) is 0.400. The second-order valence-electron chi connectivity index (χ2n) is 6.25. The molecule has 0 radical (unpaired) electrons. The van der Waals surface area contributed by atoms with Gasteiger partial charge in [-0.15, -0.1) is 0 Å². The first kappa shape index (κ1) is 17.4. The number of hydrogen-bond acceptors (Lipinski definition) is 3. The molecule has 0 aliphatic heterocycles. The summed E-state index contributed by atoms with van der Waals surface area (Å²) in [5.74, 6) is 1.62. The molecular formula is C20H26O3. The van der Waals surface area contributed by atoms with Crippen LogP contribution < -0.4 is 4.74 Å². The summed E-state index contributed by atoms with van der Waals surface area (Å²) in [6.45, 7) is 8.60. The Morgan fingerprint density at radius 1 is 1.04 bits per heavy atom. The number of hydrogen-bond donors (Lipinski definition) is 1. The highest BCUT2D eigenvalue weighted by molar-refractivity contribution is 5.46. The fourth-order valence-corrected chi connectivity index (χ4v) is 2.69. The molecule has 1 N–H and O–H groups in total. The van der Waals surface area contributed by atoms with Gasteiger partial charge in [0.15, 0.2) is 6.79 Å². The van der Waals surface area contributed by atoms with Gasteiger partial charge in [0, 0.05) is 7.11 Å². The summed E-state index contributed by atoms with van der Waals surface area (Å²) in [5.41, 5.74) is 5.77. The van der Waals surface area contributed by atoms with Crippen LogP contribution >= 0.6 is 0 Å². The average molecular weight is 314 g/mol. The third-order valence-corrected chi connectivity index (χ3v) is 4.29. The molecule has 0 saturated heterocycles. The SMILES string of the molecule is COCOc1ccc(Cc2ccc(O)c(C)c2C)cc1C(C)C. The summed E-state index contributed by atoms with van der Waals surface area (Å²) in [6, 6.07) is 10.1. The van der Waals surface area contributed by atoms with E-state index in [0.717, 1.165) is 23.3 Å². The minimum atomic E-state index is 0.259. The molecule has 23 heavy (non-hydrogen) atoms. The molecule has 0 aliphatic carbocycles. The molecule has 0 spiro atoms. The normalized spacial score (nSPS) is 11.0. The van der Waals surface area contributed by atoms with Crippen LogP contribution in [0.4, 0.5) is 0 Å². The second-order valence-corrected chi connectivity index (χ2v) is 6.25. The maximum Gasteiger partial charge on any atom is 0.188 e. The monoisotopic (exact) mass is 314 g/mol. The third-order valence-electron chi connectivity index (χ3n) is 4.29. The van der Waals surface area contributed by atoms with Gasteiger partial charge in [-0.3, -0.25) is 0 Å². The predicted octanol–water partition coefficient (Wildman–Crippen LogP) is 4.71. The predicted molar refractivity (Wildman–Crippen MR) is 93.4 cm³/mol. The Labute approximate surface area is 138 Å². The minimum Gasteiger partial charge on any atom is -0.508 e. The summed E-state index contributed by atoms with van der Waals surface area (Å²) in [6.07, 6.45) is 0.844. The van der Waals surface area contributed by atoms with Gasteiger partial charge >= 0.3 is 0 Å². The smallest absolute Gasteiger partial charge is 0.188 e. The highest BCUT2D eigenvalue weighted by Crippen LogP contribution is 2.30. The zero-order valence-electron chi connectivity index (χ0n) is 14.6. The topological polar surface area (TPSA) is 38.7 Å². The zero-order chi connectivity index (χ0) is 17.0. The van der Waals surface area contributed by atoms with E-state index in [1.165, 1.54) is 16.7 Å². The van der Waals surface area contributed by atoms with Gasteiger partial charge in [-0.25, -0.2) is 0 Å². The Hall–Kier alpha value is -2.00. The van der Waals surface area contributed by atoms with Crippen molar-refractivity contribution in [3.05, 3.63) is 58.1 Å². The van der Waals surface area contributed by atoms with Gasteiger partial charge in [0.05, 0.1) is 0 Å². The van der Waals surface area contributed by atoms with Gasteiger partial charge in [-0.1, -0.05) is 32.0 Å². The molecule has 0 fully saturated rings. The molecule has 2 aromatic carbocycles. The summed E-state index contributed by atoms with van der Waals surface area (Å²) >= 11 is 0. The molecular weight excluding hydrogens is 288 g/mol. The van der Waals surface area contributed by atoms with Crippen LogP contribution in [0.25, 0.3) is 0 Å². The first-order valence-corrected chi connectivity index (χ1v) is 7.96. The Kier molecular flexibility index (Phi) is 5.67. The largest absolute Gasteiger partial charge is 0.508 e. The van der Waals surface area contributed by atoms with Gasteiger partial charge in [0.25, 0.3) is 0 Å². The number of aromatic hydroxyl groups is 1. The van der Waals surface area contributed by atoms with Crippen molar-refractivity contribution in [2.45, 2.75) is 40.0 Å². The fourth-order valence-electron chi connectivity index (χ4n) is 2.69. The highest BCUT2D eigenvalue weighted by Gasteiger charge is 2.11. The molecule has 0 heterocycles. The summed E-state index contributed by atoms with van der Waals surface area (Å²) in [5, 5.41) is 9.80. The number of phenols is 1. The van der Waals surface area contributed by atoms with E-state index >= 15 is 0 Å². The lowest BCUT2D eigenvalue weighted by molar-refractivity contribution is 0.0502. The van der Waals surface area contributed by atoms with Crippen molar-refractivity contribution in [1.29, 1.82) is 0 Å². The quantitative estimate of drug-likeness (QED) is 0.785. The number of phenolic OH excluding ortho intramolecular Hbond substituents is 1. The Morgan fingerprint density at radius 3 is 2.43 bits per heavy atom. The van der Waals surface area contributed by atoms with Crippen LogP contribution in [0.5, 0.6) is 11.5 Å². The van der Waals surface area contributed by atoms with Crippen LogP contribution in [0, 0.1) is 13.8 Å². The van der Waals surface area contributed by atoms with Gasteiger partial charge in [0.1, 0.15) is 11.5 Å². The molecule has 124 valence electrons. The molecule has 0 atom stereocenters. The summed E-state index contributed by atoms with van der Waals surface area (Å²) in [7, 11) is 1.62. The van der Waals surface area contributed by atoms with Crippen molar-refractivity contribution in [1.82, 2.24) is 0 Å². The van der Waals surface area contributed by atoms with E-state index in [4.69, 9.17) is 9.47 Å². The molecule has 3 heteroatoms. The van der Waals surface area contributed by atoms with Gasteiger partial charge in [-0.05, 0) is 66.1 Å². The summed E-state index contributed by atoms with van der Waals surface area (Å²) in [4.78, 5) is 0. The maximum absolute atomic E-state index is 9.80. The summed E-state index contributed by atoms with van der Waals surface area (Å²) < 4.78 is 10.7. The van der Waals surface area contributed by atoms with Crippen LogP contribution in [-0.2, 0) is 11.2 Å². The molecule has 3 nitrogen and oxygen atoms in total. The van der Waals surface area contributed by atoms with Crippen molar-refractivity contribution < 1.29 is 14.6 Å². The second kappa shape index (κ2) is 7.51. The van der Waals surface area contributed by atoms with E-state index in [1.54, 1.807) is 13.2 Å². The lowest BCUT2D eigenvalue weighted by Gasteiger charge is -2.16. The maximum atomic E-state index is 9.80. The van der Waals surface area contributed by atoms with E-state index in [-0.39, 0.29) is 6.79 Å². The van der Waals surface area contributed by atoms with Gasteiger partial charge in [-0.2, -0.15) is 0 Å². The van der Waals surface area contributed by atoms with E-state index in [0.29, 0.717) is 11.7 Å². The van der Waals surface area contributed by atoms with Crippen molar-refractivity contribution in [3.8, 4) is 11.5 Å². The number of rotatable bonds is 6. The van der Waals surface area contributed by atoms with E-state index < -0.39 is 0 Å². The molecule has 2 rings (SSSR count). The zero-order valence-corrected chi connectivity index (χ0v) is 14.6. The molecule has 0 saturated carbocycles. The minimum absolute atomic E-state index is 0.259. The van der Waals surface area contributed by atoms with Crippen LogP contribution in [0.2, 0.25) is 0 Å². The molecule has 0 unspecified atom stereocenters. The first-order chi connectivity index (χ1) is 10.9. The van der Waals surface area contributed by atoms with E-state index in [9.17, 15) is 5.11 Å². The molecule has 2 aromatic rings. The van der Waals surface area contributed by atoms with E-state index in [2.05, 4.69) is 32.9 Å². The lowest BCUT2D eigenvalue weighted by Crippen LogP contribution is -2.04. The van der Waals surface area contributed by atoms with Crippen molar-refractivity contribution in [2.75, 3.05) is 13.9 Å². The van der Waals surface area contributed by atoms with Gasteiger partial charge < -0.3 is 14.6 Å². The van der Waals surface area contributed by atoms with Crippen LogP contribution in [-0.4, -0.2) is 19.0 Å². The molecule has 0 amide bonds. The highest BCUT2D eigenvalue weighted by atomic mass is 16.7. The van der Waals surface area contributed by atoms with E-state index in [1.807, 2.05) is 19.1 Å². The lowest BCUT2D eigenvalue weighted by atomic mass is 9.93. The standard InChI is InChI=1S/C20H26O3/c1-13(2)18-11-16(6-9-20(18)23-12-22-5)10-17-7-8-19(21)15(4)14(17)3/h6-9,11,13,21H,10,12H2,1-5H3. The Morgan fingerprint density at radius 2 is 1.78 bits per heavy atom. The number of benzene rings is 2. The first-order valence-electron chi connectivity index (χ1n) is 7.96. The average Bonchev–Trinajstić information content (AvgIpc) is 2.54. The number of methoxy groups -OCH3 is 1. The number of ether oxygens (including phenoxy) is 2. The molecule has 0 bridgehead atoms. The van der Waals surface area contributed by atoms with Crippen LogP contribution in [0.3, 0.4) is 0 Å². The Bertz CT molecular complexity index is 675. The Balaban J connectivity index is 2.30.